The molecule has 2 heterocycles. The summed E-state index contributed by atoms with van der Waals surface area (Å²) >= 11 is 0. The van der Waals surface area contributed by atoms with Gasteiger partial charge in [0, 0.05) is 13.1 Å². The number of hydrogen-bond donors (Lipinski definition) is 1. The molecule has 258 valence electrons. The Morgan fingerprint density at radius 3 is 2.04 bits per heavy atom. The first-order valence-corrected chi connectivity index (χ1v) is 18.5. The van der Waals surface area contributed by atoms with Crippen LogP contribution in [0.5, 0.6) is 0 Å². The Hall–Kier alpha value is -3.55. The largest absolute Gasteiger partial charge is 0.369 e. The standard InChI is InChI=1S/C41H56N4O3/c1-43(28-19-30-45-38(46)36-24-15-16-25-37(36)39(45)47)27-17-7-5-3-2-4-6-8-18-29-44-31-26-35(32-44)41(40(42)48,33-20-11-9-12-21-33)34-22-13-10-14-23-34/h9-13,15-16,20-22,24-25,35H,2-8,14,17-19,23,26-32H2,1H3,(H2,42,48). The van der Waals surface area contributed by atoms with E-state index >= 15 is 0 Å². The van der Waals surface area contributed by atoms with Crippen molar-refractivity contribution in [3.63, 3.8) is 0 Å². The van der Waals surface area contributed by atoms with Crippen molar-refractivity contribution < 1.29 is 14.4 Å². The van der Waals surface area contributed by atoms with Crippen LogP contribution in [-0.4, -0.2) is 78.7 Å². The zero-order valence-corrected chi connectivity index (χ0v) is 29.1. The van der Waals surface area contributed by atoms with Gasteiger partial charge < -0.3 is 15.5 Å². The topological polar surface area (TPSA) is 86.9 Å². The first-order valence-electron chi connectivity index (χ1n) is 18.5. The number of fused-ring (bicyclic) bond motifs is 1. The van der Waals surface area contributed by atoms with Crippen molar-refractivity contribution in [2.75, 3.05) is 46.3 Å². The Balaban J connectivity index is 0.903. The molecule has 0 saturated carbocycles. The summed E-state index contributed by atoms with van der Waals surface area (Å²) in [5.74, 6) is -0.307. The van der Waals surface area contributed by atoms with E-state index in [1.165, 1.54) is 68.3 Å². The zero-order valence-electron chi connectivity index (χ0n) is 29.1. The molecule has 0 bridgehead atoms. The van der Waals surface area contributed by atoms with Gasteiger partial charge in [0.05, 0.1) is 16.5 Å². The van der Waals surface area contributed by atoms with Crippen LogP contribution in [-0.2, 0) is 10.2 Å². The molecule has 5 rings (SSSR count). The Bertz CT molecular complexity index is 1400. The average Bonchev–Trinajstić information content (AvgIpc) is 3.67. The van der Waals surface area contributed by atoms with Gasteiger partial charge in [-0.15, -0.1) is 0 Å². The molecule has 1 aliphatic carbocycles. The number of allylic oxidation sites excluding steroid dienone is 3. The molecular weight excluding hydrogens is 596 g/mol. The molecule has 3 amide bonds. The van der Waals surface area contributed by atoms with Gasteiger partial charge in [-0.2, -0.15) is 0 Å². The SMILES string of the molecule is CN(CCCCCCCCCCCN1CCC(C(C(N)=O)(C2=CC=CCC2)c2ccccc2)C1)CCCN1C(=O)c2ccccc2C1=O. The van der Waals surface area contributed by atoms with Gasteiger partial charge in [-0.1, -0.05) is 106 Å². The van der Waals surface area contributed by atoms with Gasteiger partial charge >= 0.3 is 0 Å². The molecule has 1 saturated heterocycles. The Kier molecular flexibility index (Phi) is 13.2. The molecule has 2 aromatic rings. The molecule has 2 atom stereocenters. The monoisotopic (exact) mass is 652 g/mol. The number of carbonyl (C=O) groups excluding carboxylic acids is 3. The summed E-state index contributed by atoms with van der Waals surface area (Å²) in [5.41, 5.74) is 8.87. The molecule has 2 unspecified atom stereocenters. The number of nitrogens with zero attached hydrogens (tertiary/aromatic N) is 3. The van der Waals surface area contributed by atoms with Crippen molar-refractivity contribution in [3.05, 3.63) is 95.1 Å². The highest BCUT2D eigenvalue weighted by atomic mass is 16.2. The van der Waals surface area contributed by atoms with E-state index in [2.05, 4.69) is 47.2 Å². The number of primary amides is 1. The molecule has 3 aliphatic rings. The van der Waals surface area contributed by atoms with Crippen molar-refractivity contribution in [2.45, 2.75) is 88.9 Å². The van der Waals surface area contributed by atoms with E-state index in [-0.39, 0.29) is 23.6 Å². The predicted molar refractivity (Wildman–Crippen MR) is 194 cm³/mol. The zero-order chi connectivity index (χ0) is 33.8. The van der Waals surface area contributed by atoms with E-state index in [4.69, 9.17) is 5.73 Å². The first-order chi connectivity index (χ1) is 23.4. The third-order valence-electron chi connectivity index (χ3n) is 10.8. The number of benzene rings is 2. The first kappa shape index (κ1) is 35.7. The number of hydrogen-bond acceptors (Lipinski definition) is 5. The Labute approximate surface area is 288 Å². The third-order valence-corrected chi connectivity index (χ3v) is 10.8. The normalized spacial score (nSPS) is 19.2. The van der Waals surface area contributed by atoms with Crippen LogP contribution >= 0.6 is 0 Å². The molecule has 1 fully saturated rings. The number of unbranched alkanes of at least 4 members (excludes halogenated alkanes) is 8. The van der Waals surface area contributed by atoms with Gasteiger partial charge in [0.2, 0.25) is 5.91 Å². The van der Waals surface area contributed by atoms with Gasteiger partial charge in [-0.3, -0.25) is 19.3 Å². The van der Waals surface area contributed by atoms with Crippen LogP contribution in [0.15, 0.2) is 78.4 Å². The molecule has 2 aliphatic heterocycles. The van der Waals surface area contributed by atoms with Gasteiger partial charge in [-0.25, -0.2) is 0 Å². The molecule has 0 spiro atoms. The maximum Gasteiger partial charge on any atom is 0.261 e. The number of carbonyl (C=O) groups is 3. The molecule has 7 nitrogen and oxygen atoms in total. The maximum atomic E-state index is 13.3. The average molecular weight is 653 g/mol. The van der Waals surface area contributed by atoms with Crippen molar-refractivity contribution in [2.24, 2.45) is 11.7 Å². The molecule has 0 radical (unpaired) electrons. The molecule has 7 heteroatoms. The summed E-state index contributed by atoms with van der Waals surface area (Å²) in [7, 11) is 2.13. The quantitative estimate of drug-likeness (QED) is 0.121. The highest BCUT2D eigenvalue weighted by Gasteiger charge is 2.50. The van der Waals surface area contributed by atoms with Gasteiger partial charge in [-0.05, 0) is 101 Å². The van der Waals surface area contributed by atoms with E-state index in [1.807, 2.05) is 30.3 Å². The number of amides is 3. The van der Waals surface area contributed by atoms with E-state index in [0.29, 0.717) is 17.7 Å². The number of likely N-dealkylation sites (tertiary alicyclic amines) is 1. The minimum absolute atomic E-state index is 0.156. The van der Waals surface area contributed by atoms with E-state index in [9.17, 15) is 14.4 Å². The second kappa shape index (κ2) is 17.7. The van der Waals surface area contributed by atoms with Gasteiger partial charge in [0.15, 0.2) is 0 Å². The summed E-state index contributed by atoms with van der Waals surface area (Å²) < 4.78 is 0. The van der Waals surface area contributed by atoms with Crippen LogP contribution in [0.1, 0.15) is 110 Å². The van der Waals surface area contributed by atoms with Crippen LogP contribution in [0.2, 0.25) is 0 Å². The summed E-state index contributed by atoms with van der Waals surface area (Å²) in [6, 6.07) is 17.4. The highest BCUT2D eigenvalue weighted by molar-refractivity contribution is 6.21. The van der Waals surface area contributed by atoms with E-state index in [1.54, 1.807) is 12.1 Å². The molecule has 2 N–H and O–H groups in total. The lowest BCUT2D eigenvalue weighted by atomic mass is 9.62. The number of imide groups is 1. The number of nitrogens with two attached hydrogens (primary N) is 1. The molecule has 2 aromatic carbocycles. The summed E-state index contributed by atoms with van der Waals surface area (Å²) in [4.78, 5) is 44.7. The van der Waals surface area contributed by atoms with Crippen molar-refractivity contribution in [1.29, 1.82) is 0 Å². The fourth-order valence-electron chi connectivity index (χ4n) is 8.21. The highest BCUT2D eigenvalue weighted by Crippen LogP contribution is 2.46. The fraction of sp³-hybridized carbons (Fsp3) is 0.537. The fourth-order valence-corrected chi connectivity index (χ4v) is 8.21. The Morgan fingerprint density at radius 1 is 0.812 bits per heavy atom. The summed E-state index contributed by atoms with van der Waals surface area (Å²) in [6.07, 6.45) is 21.5. The minimum atomic E-state index is -0.722. The Morgan fingerprint density at radius 2 is 1.42 bits per heavy atom. The summed E-state index contributed by atoms with van der Waals surface area (Å²) in [5, 5.41) is 0. The van der Waals surface area contributed by atoms with Crippen LogP contribution < -0.4 is 5.73 Å². The maximum absolute atomic E-state index is 13.3. The van der Waals surface area contributed by atoms with Crippen molar-refractivity contribution in [3.8, 4) is 0 Å². The number of rotatable bonds is 20. The molecule has 48 heavy (non-hydrogen) atoms. The summed E-state index contributed by atoms with van der Waals surface area (Å²) in [6.45, 7) is 5.50. The van der Waals surface area contributed by atoms with E-state index < -0.39 is 5.41 Å². The predicted octanol–water partition coefficient (Wildman–Crippen LogP) is 7.14. The van der Waals surface area contributed by atoms with E-state index in [0.717, 1.165) is 64.0 Å². The smallest absolute Gasteiger partial charge is 0.261 e. The second-order valence-corrected chi connectivity index (χ2v) is 14.1. The van der Waals surface area contributed by atoms with Crippen LogP contribution in [0.4, 0.5) is 0 Å². The van der Waals surface area contributed by atoms with Gasteiger partial charge in [0.25, 0.3) is 11.8 Å². The minimum Gasteiger partial charge on any atom is -0.369 e. The van der Waals surface area contributed by atoms with Crippen molar-refractivity contribution in [1.82, 2.24) is 14.7 Å². The van der Waals surface area contributed by atoms with Crippen molar-refractivity contribution >= 4 is 17.7 Å². The van der Waals surface area contributed by atoms with Crippen LogP contribution in [0.25, 0.3) is 0 Å². The van der Waals surface area contributed by atoms with Gasteiger partial charge in [0.1, 0.15) is 0 Å². The van der Waals surface area contributed by atoms with Crippen LogP contribution in [0.3, 0.4) is 0 Å². The molecular formula is C41H56N4O3. The molecule has 0 aromatic heterocycles. The van der Waals surface area contributed by atoms with Crippen LogP contribution in [0, 0.1) is 5.92 Å². The lowest BCUT2D eigenvalue weighted by molar-refractivity contribution is -0.124. The lowest BCUT2D eigenvalue weighted by Gasteiger charge is -2.40. The second-order valence-electron chi connectivity index (χ2n) is 14.1. The lowest BCUT2D eigenvalue weighted by Crippen LogP contribution is -2.50. The third kappa shape index (κ3) is 8.53.